The van der Waals surface area contributed by atoms with Gasteiger partial charge in [-0.15, -0.1) is 0 Å². The maximum absolute atomic E-state index is 13.8. The van der Waals surface area contributed by atoms with E-state index in [1.54, 1.807) is 6.92 Å². The van der Waals surface area contributed by atoms with Gasteiger partial charge >= 0.3 is 5.97 Å². The van der Waals surface area contributed by atoms with E-state index in [-0.39, 0.29) is 16.7 Å². The lowest BCUT2D eigenvalue weighted by Gasteiger charge is -2.54. The van der Waals surface area contributed by atoms with Crippen molar-refractivity contribution in [3.63, 3.8) is 0 Å². The van der Waals surface area contributed by atoms with Crippen LogP contribution < -0.4 is 0 Å². The number of ketones is 2. The second kappa shape index (κ2) is 8.50. The lowest BCUT2D eigenvalue weighted by molar-refractivity contribution is -0.140. The summed E-state index contributed by atoms with van der Waals surface area (Å²) in [5, 5.41) is 9.28. The molecular formula is C29H42O4. The summed E-state index contributed by atoms with van der Waals surface area (Å²) >= 11 is 0. The summed E-state index contributed by atoms with van der Waals surface area (Å²) in [5.74, 6) is 1.18. The van der Waals surface area contributed by atoms with E-state index in [4.69, 9.17) is 0 Å². The zero-order valence-corrected chi connectivity index (χ0v) is 21.2. The molecule has 4 heteroatoms. The third kappa shape index (κ3) is 3.76. The van der Waals surface area contributed by atoms with Gasteiger partial charge in [0.2, 0.25) is 0 Å². The molecule has 0 bridgehead atoms. The van der Waals surface area contributed by atoms with Crippen LogP contribution in [0.2, 0.25) is 0 Å². The molecule has 4 aliphatic rings. The highest BCUT2D eigenvalue weighted by molar-refractivity contribution is 6.00. The molecule has 4 rings (SSSR count). The molecule has 182 valence electrons. The van der Waals surface area contributed by atoms with E-state index in [9.17, 15) is 19.5 Å². The van der Waals surface area contributed by atoms with Crippen molar-refractivity contribution in [3.8, 4) is 0 Å². The Balaban J connectivity index is 1.56. The van der Waals surface area contributed by atoms with Gasteiger partial charge in [-0.1, -0.05) is 45.4 Å². The van der Waals surface area contributed by atoms with Crippen LogP contribution in [0.5, 0.6) is 0 Å². The summed E-state index contributed by atoms with van der Waals surface area (Å²) < 4.78 is 0. The Morgan fingerprint density at radius 3 is 2.52 bits per heavy atom. The zero-order chi connectivity index (χ0) is 24.3. The fourth-order valence-corrected chi connectivity index (χ4v) is 8.56. The van der Waals surface area contributed by atoms with Gasteiger partial charge in [0.25, 0.3) is 0 Å². The SMILES string of the molecule is C=C(CC[C@@H](C)[C@H]1CC[C@H]2C3=C(C(=O)C[C@]12C)[C@@]1(C)CCC(=O)[C@@H](C)C1CC3)C(C)C(=O)O. The van der Waals surface area contributed by atoms with Crippen LogP contribution in [0.25, 0.3) is 0 Å². The minimum Gasteiger partial charge on any atom is -0.481 e. The van der Waals surface area contributed by atoms with Crippen LogP contribution in [0.3, 0.4) is 0 Å². The number of hydrogen-bond donors (Lipinski definition) is 1. The predicted molar refractivity (Wildman–Crippen MR) is 130 cm³/mol. The molecule has 4 nitrogen and oxygen atoms in total. The molecule has 2 unspecified atom stereocenters. The average molecular weight is 455 g/mol. The average Bonchev–Trinajstić information content (AvgIpc) is 3.10. The molecule has 0 heterocycles. The quantitative estimate of drug-likeness (QED) is 0.472. The molecule has 1 N–H and O–H groups in total. The molecule has 0 aromatic carbocycles. The fraction of sp³-hybridized carbons (Fsp3) is 0.759. The van der Waals surface area contributed by atoms with Gasteiger partial charge in [-0.2, -0.15) is 0 Å². The smallest absolute Gasteiger partial charge is 0.310 e. The standard InChI is InChI=1S/C29H42O4/c1-16(18(3)27(32)33)7-8-17(2)21-11-12-23-20-9-10-22-19(4)24(30)13-14-28(22,5)26(20)25(31)15-29(21,23)6/h17-19,21-23H,1,7-15H2,2-6H3,(H,32,33)/t17-,18?,19+,21-,22?,23+,28+,29-/m1/s1. The third-order valence-corrected chi connectivity index (χ3v) is 10.7. The van der Waals surface area contributed by atoms with Crippen LogP contribution in [-0.2, 0) is 14.4 Å². The van der Waals surface area contributed by atoms with E-state index in [1.165, 1.54) is 5.57 Å². The number of aliphatic carboxylic acids is 1. The molecule has 0 saturated heterocycles. The number of allylic oxidation sites excluding steroid dienone is 2. The Kier molecular flexibility index (Phi) is 6.29. The van der Waals surface area contributed by atoms with Crippen molar-refractivity contribution in [2.75, 3.05) is 0 Å². The first-order chi connectivity index (χ1) is 15.4. The largest absolute Gasteiger partial charge is 0.481 e. The molecule has 0 amide bonds. The normalized spacial score (nSPS) is 40.0. The van der Waals surface area contributed by atoms with Crippen molar-refractivity contribution in [3.05, 3.63) is 23.3 Å². The van der Waals surface area contributed by atoms with Crippen molar-refractivity contribution >= 4 is 17.5 Å². The number of rotatable bonds is 6. The van der Waals surface area contributed by atoms with E-state index in [0.29, 0.717) is 48.1 Å². The topological polar surface area (TPSA) is 71.4 Å². The molecule has 0 radical (unpaired) electrons. The maximum atomic E-state index is 13.8. The molecule has 0 aromatic heterocycles. The number of fused-ring (bicyclic) bond motifs is 4. The first kappa shape index (κ1) is 24.4. The summed E-state index contributed by atoms with van der Waals surface area (Å²) in [6.45, 7) is 14.7. The van der Waals surface area contributed by atoms with E-state index >= 15 is 0 Å². The number of hydrogen-bond acceptors (Lipinski definition) is 3. The molecule has 2 fully saturated rings. The van der Waals surface area contributed by atoms with E-state index in [0.717, 1.165) is 56.1 Å². The summed E-state index contributed by atoms with van der Waals surface area (Å²) in [5.41, 5.74) is 3.22. The fourth-order valence-electron chi connectivity index (χ4n) is 8.56. The summed E-state index contributed by atoms with van der Waals surface area (Å²) in [7, 11) is 0. The van der Waals surface area contributed by atoms with E-state index in [1.807, 2.05) is 0 Å². The number of carboxylic acids is 1. The Morgan fingerprint density at radius 1 is 1.15 bits per heavy atom. The van der Waals surface area contributed by atoms with Gasteiger partial charge in [-0.3, -0.25) is 14.4 Å². The van der Waals surface area contributed by atoms with Crippen LogP contribution >= 0.6 is 0 Å². The Hall–Kier alpha value is -1.71. The van der Waals surface area contributed by atoms with E-state index in [2.05, 4.69) is 34.3 Å². The summed E-state index contributed by atoms with van der Waals surface area (Å²) in [6.07, 6.45) is 8.05. The molecule has 0 spiro atoms. The highest BCUT2D eigenvalue weighted by Gasteiger charge is 2.59. The van der Waals surface area contributed by atoms with Crippen molar-refractivity contribution in [2.24, 2.45) is 46.3 Å². The lowest BCUT2D eigenvalue weighted by Crippen LogP contribution is -2.50. The third-order valence-electron chi connectivity index (χ3n) is 10.7. The van der Waals surface area contributed by atoms with Gasteiger partial charge in [0, 0.05) is 24.3 Å². The Labute approximate surface area is 199 Å². The van der Waals surface area contributed by atoms with Gasteiger partial charge in [-0.05, 0) is 86.4 Å². The molecular weight excluding hydrogens is 412 g/mol. The molecule has 0 aromatic rings. The molecule has 2 saturated carbocycles. The Morgan fingerprint density at radius 2 is 1.85 bits per heavy atom. The second-order valence-electron chi connectivity index (χ2n) is 12.3. The molecule has 8 atom stereocenters. The number of Topliss-reactive ketones (excluding diaryl/α,β-unsaturated/α-hetero) is 2. The minimum atomic E-state index is -0.805. The number of carbonyl (C=O) groups excluding carboxylic acids is 2. The molecule has 4 aliphatic carbocycles. The molecule has 33 heavy (non-hydrogen) atoms. The number of carbonyl (C=O) groups is 3. The lowest BCUT2D eigenvalue weighted by atomic mass is 9.48. The highest BCUT2D eigenvalue weighted by Crippen LogP contribution is 2.65. The van der Waals surface area contributed by atoms with Crippen molar-refractivity contribution < 1.29 is 19.5 Å². The number of carboxylic acid groups (broad SMARTS) is 1. The maximum Gasteiger partial charge on any atom is 0.310 e. The van der Waals surface area contributed by atoms with Crippen LogP contribution in [0.4, 0.5) is 0 Å². The van der Waals surface area contributed by atoms with Gasteiger partial charge in [0.1, 0.15) is 5.78 Å². The zero-order valence-electron chi connectivity index (χ0n) is 21.2. The minimum absolute atomic E-state index is 0.00558. The van der Waals surface area contributed by atoms with Crippen LogP contribution in [-0.4, -0.2) is 22.6 Å². The highest BCUT2D eigenvalue weighted by atomic mass is 16.4. The van der Waals surface area contributed by atoms with Crippen LogP contribution in [0, 0.1) is 46.3 Å². The van der Waals surface area contributed by atoms with Gasteiger partial charge in [0.05, 0.1) is 5.92 Å². The van der Waals surface area contributed by atoms with Crippen molar-refractivity contribution in [1.82, 2.24) is 0 Å². The molecule has 0 aliphatic heterocycles. The monoisotopic (exact) mass is 454 g/mol. The Bertz CT molecular complexity index is 913. The second-order valence-corrected chi connectivity index (χ2v) is 12.3. The van der Waals surface area contributed by atoms with Crippen LogP contribution in [0.1, 0.15) is 92.4 Å². The van der Waals surface area contributed by atoms with Gasteiger partial charge in [0.15, 0.2) is 5.78 Å². The van der Waals surface area contributed by atoms with Crippen molar-refractivity contribution in [1.29, 1.82) is 0 Å². The predicted octanol–water partition coefficient (Wildman–Crippen LogP) is 6.40. The van der Waals surface area contributed by atoms with Gasteiger partial charge in [-0.25, -0.2) is 0 Å². The summed E-state index contributed by atoms with van der Waals surface area (Å²) in [4.78, 5) is 37.5. The van der Waals surface area contributed by atoms with Crippen molar-refractivity contribution in [2.45, 2.75) is 92.4 Å². The van der Waals surface area contributed by atoms with Crippen LogP contribution in [0.15, 0.2) is 23.3 Å². The van der Waals surface area contributed by atoms with E-state index < -0.39 is 11.9 Å². The summed E-state index contributed by atoms with van der Waals surface area (Å²) in [6, 6.07) is 0. The first-order valence-corrected chi connectivity index (χ1v) is 13.1. The first-order valence-electron chi connectivity index (χ1n) is 13.1. The van der Waals surface area contributed by atoms with Gasteiger partial charge < -0.3 is 5.11 Å².